The van der Waals surface area contributed by atoms with Gasteiger partial charge in [-0.15, -0.1) is 11.3 Å². The van der Waals surface area contributed by atoms with Gasteiger partial charge in [0.15, 0.2) is 0 Å². The zero-order valence-electron chi connectivity index (χ0n) is 10.9. The molecule has 19 heavy (non-hydrogen) atoms. The molecule has 0 fully saturated rings. The molecule has 0 aliphatic rings. The van der Waals surface area contributed by atoms with Gasteiger partial charge in [0.2, 0.25) is 0 Å². The molecule has 0 spiro atoms. The fourth-order valence-electron chi connectivity index (χ4n) is 1.71. The van der Waals surface area contributed by atoms with Crippen LogP contribution in [0.2, 0.25) is 5.02 Å². The van der Waals surface area contributed by atoms with Crippen molar-refractivity contribution in [1.82, 2.24) is 4.98 Å². The summed E-state index contributed by atoms with van der Waals surface area (Å²) in [6.45, 7) is 4.17. The maximum absolute atomic E-state index is 9.72. The van der Waals surface area contributed by atoms with Crippen LogP contribution in [-0.2, 0) is 13.0 Å². The van der Waals surface area contributed by atoms with Gasteiger partial charge in [-0.3, -0.25) is 0 Å². The van der Waals surface area contributed by atoms with Crippen molar-refractivity contribution in [1.29, 1.82) is 0 Å². The van der Waals surface area contributed by atoms with E-state index in [0.717, 1.165) is 17.1 Å². The van der Waals surface area contributed by atoms with Crippen LogP contribution >= 0.6 is 22.9 Å². The van der Waals surface area contributed by atoms with Gasteiger partial charge in [-0.05, 0) is 31.5 Å². The van der Waals surface area contributed by atoms with Crippen molar-refractivity contribution in [2.45, 2.75) is 33.0 Å². The predicted octanol–water partition coefficient (Wildman–Crippen LogP) is 3.99. The first-order valence-electron chi connectivity index (χ1n) is 6.13. The zero-order chi connectivity index (χ0) is 13.8. The van der Waals surface area contributed by atoms with Crippen molar-refractivity contribution in [2.75, 3.05) is 0 Å². The van der Waals surface area contributed by atoms with E-state index in [4.69, 9.17) is 16.3 Å². The van der Waals surface area contributed by atoms with E-state index in [1.165, 1.54) is 0 Å². The highest BCUT2D eigenvalue weighted by Gasteiger charge is 2.11. The molecule has 1 aromatic heterocycles. The predicted molar refractivity (Wildman–Crippen MR) is 77.9 cm³/mol. The number of rotatable bonds is 5. The molecule has 5 heteroatoms. The van der Waals surface area contributed by atoms with Crippen LogP contribution in [-0.4, -0.2) is 10.1 Å². The summed E-state index contributed by atoms with van der Waals surface area (Å²) in [6.07, 6.45) is 0.320. The maximum atomic E-state index is 9.72. The number of aryl methyl sites for hydroxylation is 1. The second kappa shape index (κ2) is 6.37. The van der Waals surface area contributed by atoms with Crippen molar-refractivity contribution in [3.8, 4) is 5.75 Å². The molecule has 0 amide bonds. The lowest BCUT2D eigenvalue weighted by Gasteiger charge is -2.13. The van der Waals surface area contributed by atoms with Gasteiger partial charge in [-0.1, -0.05) is 18.5 Å². The number of aromatic nitrogens is 1. The SMILES string of the molecule is CCc1nc(COc2ccc(Cl)cc2C(C)O)cs1. The highest BCUT2D eigenvalue weighted by Crippen LogP contribution is 2.29. The number of benzene rings is 1. The molecule has 0 radical (unpaired) electrons. The minimum absolute atomic E-state index is 0.401. The molecule has 1 aromatic carbocycles. The zero-order valence-corrected chi connectivity index (χ0v) is 12.5. The van der Waals surface area contributed by atoms with E-state index in [1.807, 2.05) is 5.38 Å². The topological polar surface area (TPSA) is 42.4 Å². The number of aliphatic hydroxyl groups is 1. The Bertz CT molecular complexity index is 554. The third kappa shape index (κ3) is 3.69. The third-order valence-electron chi connectivity index (χ3n) is 2.70. The summed E-state index contributed by atoms with van der Waals surface area (Å²) in [7, 11) is 0. The number of hydrogen-bond donors (Lipinski definition) is 1. The van der Waals surface area contributed by atoms with E-state index in [1.54, 1.807) is 36.5 Å². The van der Waals surface area contributed by atoms with Gasteiger partial charge in [-0.2, -0.15) is 0 Å². The van der Waals surface area contributed by atoms with Crippen LogP contribution in [0.25, 0.3) is 0 Å². The number of thiazole rings is 1. The van der Waals surface area contributed by atoms with Crippen molar-refractivity contribution in [2.24, 2.45) is 0 Å². The third-order valence-corrected chi connectivity index (χ3v) is 3.98. The minimum Gasteiger partial charge on any atom is -0.487 e. The Morgan fingerprint density at radius 2 is 2.26 bits per heavy atom. The number of nitrogens with zero attached hydrogens (tertiary/aromatic N) is 1. The molecule has 1 N–H and O–H groups in total. The second-order valence-corrected chi connectivity index (χ2v) is 5.61. The number of hydrogen-bond acceptors (Lipinski definition) is 4. The average molecular weight is 298 g/mol. The monoisotopic (exact) mass is 297 g/mol. The van der Waals surface area contributed by atoms with Crippen LogP contribution in [0.5, 0.6) is 5.75 Å². The van der Waals surface area contributed by atoms with Gasteiger partial charge in [0.05, 0.1) is 16.8 Å². The standard InChI is InChI=1S/C14H16ClNO2S/c1-3-14-16-11(8-19-14)7-18-13-5-4-10(15)6-12(13)9(2)17/h4-6,8-9,17H,3,7H2,1-2H3. The highest BCUT2D eigenvalue weighted by molar-refractivity contribution is 7.09. The minimum atomic E-state index is -0.615. The molecular formula is C14H16ClNO2S. The van der Waals surface area contributed by atoms with E-state index in [9.17, 15) is 5.11 Å². The molecule has 1 atom stereocenters. The molecule has 2 aromatic rings. The molecule has 3 nitrogen and oxygen atoms in total. The highest BCUT2D eigenvalue weighted by atomic mass is 35.5. The summed E-state index contributed by atoms with van der Waals surface area (Å²) in [5.74, 6) is 0.644. The van der Waals surface area contributed by atoms with E-state index >= 15 is 0 Å². The molecule has 2 rings (SSSR count). The number of aliphatic hydroxyl groups excluding tert-OH is 1. The van der Waals surface area contributed by atoms with E-state index in [0.29, 0.717) is 22.9 Å². The average Bonchev–Trinajstić information content (AvgIpc) is 2.85. The molecule has 0 aliphatic heterocycles. The summed E-state index contributed by atoms with van der Waals surface area (Å²) in [6, 6.07) is 5.25. The van der Waals surface area contributed by atoms with Crippen LogP contribution in [0.15, 0.2) is 23.6 Å². The summed E-state index contributed by atoms with van der Waals surface area (Å²) in [5.41, 5.74) is 1.60. The smallest absolute Gasteiger partial charge is 0.131 e. The van der Waals surface area contributed by atoms with E-state index < -0.39 is 6.10 Å². The fraction of sp³-hybridized carbons (Fsp3) is 0.357. The second-order valence-electron chi connectivity index (χ2n) is 4.23. The molecule has 0 bridgehead atoms. The Morgan fingerprint density at radius 3 is 2.89 bits per heavy atom. The lowest BCUT2D eigenvalue weighted by atomic mass is 10.1. The van der Waals surface area contributed by atoms with Crippen LogP contribution < -0.4 is 4.74 Å². The van der Waals surface area contributed by atoms with Crippen LogP contribution in [0.4, 0.5) is 0 Å². The first kappa shape index (κ1) is 14.3. The van der Waals surface area contributed by atoms with Gasteiger partial charge >= 0.3 is 0 Å². The summed E-state index contributed by atoms with van der Waals surface area (Å²) in [4.78, 5) is 4.44. The van der Waals surface area contributed by atoms with E-state index in [2.05, 4.69) is 11.9 Å². The summed E-state index contributed by atoms with van der Waals surface area (Å²) in [5, 5.41) is 13.4. The molecule has 1 unspecified atom stereocenters. The van der Waals surface area contributed by atoms with Crippen LogP contribution in [0, 0.1) is 0 Å². The van der Waals surface area contributed by atoms with Gasteiger partial charge in [0.25, 0.3) is 0 Å². The van der Waals surface area contributed by atoms with Crippen LogP contribution in [0.3, 0.4) is 0 Å². The first-order chi connectivity index (χ1) is 9.10. The molecule has 0 aliphatic carbocycles. The maximum Gasteiger partial charge on any atom is 0.131 e. The molecular weight excluding hydrogens is 282 g/mol. The molecule has 1 heterocycles. The lowest BCUT2D eigenvalue weighted by molar-refractivity contribution is 0.190. The summed E-state index contributed by atoms with van der Waals surface area (Å²) >= 11 is 7.56. The van der Waals surface area contributed by atoms with Gasteiger partial charge in [-0.25, -0.2) is 4.98 Å². The van der Waals surface area contributed by atoms with Gasteiger partial charge in [0, 0.05) is 16.0 Å². The largest absolute Gasteiger partial charge is 0.487 e. The van der Waals surface area contributed by atoms with Gasteiger partial charge < -0.3 is 9.84 Å². The first-order valence-corrected chi connectivity index (χ1v) is 7.39. The van der Waals surface area contributed by atoms with E-state index in [-0.39, 0.29) is 0 Å². The summed E-state index contributed by atoms with van der Waals surface area (Å²) < 4.78 is 5.72. The number of ether oxygens (including phenoxy) is 1. The Labute approximate surface area is 121 Å². The lowest BCUT2D eigenvalue weighted by Crippen LogP contribution is -2.01. The van der Waals surface area contributed by atoms with Crippen molar-refractivity contribution < 1.29 is 9.84 Å². The van der Waals surface area contributed by atoms with Crippen molar-refractivity contribution >= 4 is 22.9 Å². The number of halogens is 1. The fourth-order valence-corrected chi connectivity index (χ4v) is 2.62. The Balaban J connectivity index is 2.10. The van der Waals surface area contributed by atoms with Crippen LogP contribution in [0.1, 0.15) is 36.2 Å². The van der Waals surface area contributed by atoms with Crippen molar-refractivity contribution in [3.63, 3.8) is 0 Å². The molecule has 0 saturated heterocycles. The molecule has 0 saturated carbocycles. The Hall–Kier alpha value is -1.10. The Morgan fingerprint density at radius 1 is 1.47 bits per heavy atom. The quantitative estimate of drug-likeness (QED) is 0.907. The van der Waals surface area contributed by atoms with Gasteiger partial charge in [0.1, 0.15) is 12.4 Å². The van der Waals surface area contributed by atoms with Crippen molar-refractivity contribution in [3.05, 3.63) is 44.9 Å². The Kier molecular flexibility index (Phi) is 4.80. The molecule has 102 valence electrons. The normalized spacial score (nSPS) is 12.4.